The van der Waals surface area contributed by atoms with Crippen LogP contribution in [0.4, 0.5) is 0 Å². The monoisotopic (exact) mass is 463 g/mol. The van der Waals surface area contributed by atoms with Crippen LogP contribution >= 0.6 is 0 Å². The van der Waals surface area contributed by atoms with Crippen LogP contribution in [-0.4, -0.2) is 12.5 Å². The topological polar surface area (TPSA) is 8.29 Å². The van der Waals surface area contributed by atoms with Crippen molar-refractivity contribution in [3.8, 4) is 0 Å². The Balaban J connectivity index is 1.91. The summed E-state index contributed by atoms with van der Waals surface area (Å²) in [6, 6.07) is 19.1. The van der Waals surface area contributed by atoms with Crippen LogP contribution in [0.2, 0.25) is 19.6 Å². The van der Waals surface area contributed by atoms with Crippen LogP contribution in [0.5, 0.6) is 0 Å². The number of rotatable bonds is 2. The second kappa shape index (κ2) is 6.82. The van der Waals surface area contributed by atoms with E-state index in [4.69, 9.17) is 0 Å². The number of hydrogen-bond acceptors (Lipinski definition) is 0. The lowest BCUT2D eigenvalue weighted by Gasteiger charge is -2.20. The number of nitrogens with zero attached hydrogens (tertiary/aromatic N) is 2. The third kappa shape index (κ3) is 3.03. The fourth-order valence-corrected chi connectivity index (χ4v) is 7.08. The van der Waals surface area contributed by atoms with Crippen LogP contribution in [0.1, 0.15) is 31.9 Å². The van der Waals surface area contributed by atoms with E-state index in [1.165, 1.54) is 65.3 Å². The summed E-state index contributed by atoms with van der Waals surface area (Å²) in [5.41, 5.74) is 8.42. The number of aryl methyl sites for hydroxylation is 2. The van der Waals surface area contributed by atoms with Gasteiger partial charge in [0.1, 0.15) is 7.05 Å². The number of pyridine rings is 2. The molecule has 0 amide bonds. The zero-order valence-electron chi connectivity index (χ0n) is 21.8. The molecule has 0 aliphatic carbocycles. The van der Waals surface area contributed by atoms with E-state index < -0.39 is 8.07 Å². The van der Waals surface area contributed by atoms with Crippen molar-refractivity contribution < 1.29 is 4.57 Å². The summed E-state index contributed by atoms with van der Waals surface area (Å²) in [5.74, 6) is 0. The van der Waals surface area contributed by atoms with Crippen LogP contribution in [0.3, 0.4) is 0 Å². The summed E-state index contributed by atoms with van der Waals surface area (Å²) in [6.07, 6.45) is 3.33. The average Bonchev–Trinajstić information content (AvgIpc) is 3.06. The van der Waals surface area contributed by atoms with Gasteiger partial charge < -0.3 is 4.40 Å². The summed E-state index contributed by atoms with van der Waals surface area (Å²) in [4.78, 5) is 0. The highest BCUT2D eigenvalue weighted by atomic mass is 28.3. The molecule has 0 fully saturated rings. The molecule has 6 aromatic rings. The molecule has 3 aromatic heterocycles. The van der Waals surface area contributed by atoms with E-state index in [1.54, 1.807) is 0 Å². The molecule has 172 valence electrons. The molecule has 6 rings (SSSR count). The first-order valence-corrected chi connectivity index (χ1v) is 16.0. The van der Waals surface area contributed by atoms with Crippen molar-refractivity contribution in [2.75, 3.05) is 0 Å². The van der Waals surface area contributed by atoms with E-state index >= 15 is 0 Å². The molecule has 0 atom stereocenters. The molecule has 0 aliphatic heterocycles. The van der Waals surface area contributed by atoms with Crippen molar-refractivity contribution in [1.29, 1.82) is 0 Å². The molecule has 0 saturated heterocycles. The van der Waals surface area contributed by atoms with Crippen LogP contribution in [0.15, 0.2) is 54.7 Å². The predicted octanol–water partition coefficient (Wildman–Crippen LogP) is 7.26. The van der Waals surface area contributed by atoms with Crippen LogP contribution < -0.4 is 9.75 Å². The lowest BCUT2D eigenvalue weighted by molar-refractivity contribution is -0.643. The lowest BCUT2D eigenvalue weighted by atomic mass is 9.88. The highest BCUT2D eigenvalue weighted by molar-refractivity contribution is 6.89. The second-order valence-corrected chi connectivity index (χ2v) is 17.6. The first-order valence-electron chi connectivity index (χ1n) is 12.5. The molecule has 0 bridgehead atoms. The highest BCUT2D eigenvalue weighted by Gasteiger charge is 2.26. The largest absolute Gasteiger partial charge is 0.307 e. The van der Waals surface area contributed by atoms with Gasteiger partial charge in [-0.2, -0.15) is 0 Å². The van der Waals surface area contributed by atoms with Crippen molar-refractivity contribution in [3.05, 3.63) is 65.9 Å². The summed E-state index contributed by atoms with van der Waals surface area (Å²) >= 11 is 0. The van der Waals surface area contributed by atoms with Gasteiger partial charge >= 0.3 is 0 Å². The van der Waals surface area contributed by atoms with Gasteiger partial charge in [-0.05, 0) is 53.5 Å². The molecule has 2 nitrogen and oxygen atoms in total. The summed E-state index contributed by atoms with van der Waals surface area (Å²) in [5, 5.41) is 8.38. The van der Waals surface area contributed by atoms with Crippen LogP contribution in [0.25, 0.3) is 49.0 Å². The average molecular weight is 464 g/mol. The Morgan fingerprint density at radius 1 is 0.853 bits per heavy atom. The zero-order chi connectivity index (χ0) is 24.2. The fraction of sp³-hybridized carbons (Fsp3) is 0.323. The number of benzene rings is 3. The SMILES string of the molecule is Cc1ccc2c3cc(CC(C)(C)C)ccc3n3c4cc([Si](C)(C)C)cc5cc[n+](C)c(c1c23)c54. The minimum atomic E-state index is -1.49. The predicted molar refractivity (Wildman–Crippen MR) is 151 cm³/mol. The van der Waals surface area contributed by atoms with Crippen LogP contribution in [0, 0.1) is 12.3 Å². The normalized spacial score (nSPS) is 13.4. The van der Waals surface area contributed by atoms with E-state index in [1.807, 2.05) is 0 Å². The van der Waals surface area contributed by atoms with Crippen molar-refractivity contribution in [2.24, 2.45) is 12.5 Å². The Kier molecular flexibility index (Phi) is 4.34. The summed E-state index contributed by atoms with van der Waals surface area (Å²) in [6.45, 7) is 16.6. The van der Waals surface area contributed by atoms with Gasteiger partial charge in [0.15, 0.2) is 6.20 Å². The molecular weight excluding hydrogens is 428 g/mol. The molecule has 3 heterocycles. The molecule has 3 aromatic carbocycles. The number of fused-ring (bicyclic) bond motifs is 5. The smallest absolute Gasteiger partial charge is 0.224 e. The summed E-state index contributed by atoms with van der Waals surface area (Å²) < 4.78 is 4.90. The molecule has 0 radical (unpaired) electrons. The third-order valence-electron chi connectivity index (χ3n) is 7.50. The molecule has 0 saturated carbocycles. The Morgan fingerprint density at radius 2 is 1.62 bits per heavy atom. The second-order valence-electron chi connectivity index (χ2n) is 12.6. The summed E-state index contributed by atoms with van der Waals surface area (Å²) in [7, 11) is 0.704. The van der Waals surface area contributed by atoms with Gasteiger partial charge in [0, 0.05) is 16.8 Å². The first kappa shape index (κ1) is 21.6. The molecule has 0 aliphatic rings. The maximum Gasteiger partial charge on any atom is 0.224 e. The van der Waals surface area contributed by atoms with E-state index in [2.05, 4.69) is 118 Å². The van der Waals surface area contributed by atoms with Crippen molar-refractivity contribution in [3.63, 3.8) is 0 Å². The number of aromatic nitrogens is 2. The van der Waals surface area contributed by atoms with Gasteiger partial charge in [-0.15, -0.1) is 0 Å². The van der Waals surface area contributed by atoms with E-state index in [0.717, 1.165) is 6.42 Å². The molecule has 0 spiro atoms. The molecular formula is C31H35N2Si+. The Bertz CT molecular complexity index is 1760. The van der Waals surface area contributed by atoms with Gasteiger partial charge in [0.05, 0.1) is 35.4 Å². The van der Waals surface area contributed by atoms with Gasteiger partial charge in [-0.3, -0.25) is 0 Å². The van der Waals surface area contributed by atoms with Crippen molar-refractivity contribution in [1.82, 2.24) is 4.40 Å². The van der Waals surface area contributed by atoms with E-state index in [9.17, 15) is 0 Å². The van der Waals surface area contributed by atoms with Gasteiger partial charge in [0.2, 0.25) is 5.52 Å². The van der Waals surface area contributed by atoms with Crippen molar-refractivity contribution >= 4 is 62.3 Å². The molecule has 0 unspecified atom stereocenters. The Labute approximate surface area is 203 Å². The quantitative estimate of drug-likeness (QED) is 0.111. The van der Waals surface area contributed by atoms with Gasteiger partial charge in [-0.25, -0.2) is 4.57 Å². The Hall–Kier alpha value is -2.91. The molecule has 0 N–H and O–H groups in total. The minimum Gasteiger partial charge on any atom is -0.307 e. The van der Waals surface area contributed by atoms with Crippen LogP contribution in [-0.2, 0) is 13.5 Å². The fourth-order valence-electron chi connectivity index (χ4n) is 5.92. The van der Waals surface area contributed by atoms with Gasteiger partial charge in [0.25, 0.3) is 0 Å². The Morgan fingerprint density at radius 3 is 2.32 bits per heavy atom. The molecule has 3 heteroatoms. The maximum absolute atomic E-state index is 2.58. The highest BCUT2D eigenvalue weighted by Crippen LogP contribution is 2.41. The first-order chi connectivity index (χ1) is 15.9. The van der Waals surface area contributed by atoms with E-state index in [-0.39, 0.29) is 5.41 Å². The van der Waals surface area contributed by atoms with E-state index in [0.29, 0.717) is 0 Å². The molecule has 34 heavy (non-hydrogen) atoms. The third-order valence-corrected chi connectivity index (χ3v) is 9.52. The maximum atomic E-state index is 2.58. The lowest BCUT2D eigenvalue weighted by Crippen LogP contribution is -2.38. The minimum absolute atomic E-state index is 0.267. The standard InChI is InChI=1S/C31H35N2Si/c1-19-9-11-23-24-15-20(18-31(2,3)4)10-12-25(24)33-26-17-22(34(6,7)8)16-21-13-14-32(5)30(28(21)26)27(19)29(23)33/h9-17H,18H2,1-8H3/q+1. The van der Waals surface area contributed by atoms with Crippen molar-refractivity contribution in [2.45, 2.75) is 53.8 Å². The van der Waals surface area contributed by atoms with Gasteiger partial charge in [-0.1, -0.05) is 69.9 Å². The zero-order valence-corrected chi connectivity index (χ0v) is 22.8. The number of hydrogen-bond donors (Lipinski definition) is 0.